The SMILES string of the molecule is CCN(C(C)=O)c1nc(CN2CCCCC2CNS(C)(=O)=O)cs1. The van der Waals surface area contributed by atoms with Gasteiger partial charge in [0, 0.05) is 38.0 Å². The van der Waals surface area contributed by atoms with Crippen LogP contribution in [0.1, 0.15) is 38.8 Å². The van der Waals surface area contributed by atoms with E-state index in [2.05, 4.69) is 14.6 Å². The van der Waals surface area contributed by atoms with E-state index in [0.29, 0.717) is 19.6 Å². The van der Waals surface area contributed by atoms with Crippen molar-refractivity contribution in [1.29, 1.82) is 0 Å². The number of hydrogen-bond donors (Lipinski definition) is 1. The minimum Gasteiger partial charge on any atom is -0.293 e. The van der Waals surface area contributed by atoms with Crippen molar-refractivity contribution in [2.24, 2.45) is 0 Å². The van der Waals surface area contributed by atoms with Gasteiger partial charge in [0.2, 0.25) is 15.9 Å². The van der Waals surface area contributed by atoms with Crippen molar-refractivity contribution >= 4 is 32.4 Å². The molecule has 24 heavy (non-hydrogen) atoms. The lowest BCUT2D eigenvalue weighted by molar-refractivity contribution is -0.116. The highest BCUT2D eigenvalue weighted by Crippen LogP contribution is 2.24. The van der Waals surface area contributed by atoms with Crippen molar-refractivity contribution in [2.45, 2.75) is 45.7 Å². The van der Waals surface area contributed by atoms with E-state index in [0.717, 1.165) is 36.6 Å². The van der Waals surface area contributed by atoms with Gasteiger partial charge in [0.1, 0.15) is 0 Å². The number of thiazole rings is 1. The first-order valence-corrected chi connectivity index (χ1v) is 11.0. The molecule has 0 spiro atoms. The number of carbonyl (C=O) groups is 1. The van der Waals surface area contributed by atoms with Crippen molar-refractivity contribution in [1.82, 2.24) is 14.6 Å². The Labute approximate surface area is 148 Å². The number of hydrogen-bond acceptors (Lipinski definition) is 6. The molecule has 2 rings (SSSR count). The monoisotopic (exact) mass is 374 g/mol. The van der Waals surface area contributed by atoms with E-state index in [4.69, 9.17) is 0 Å². The molecule has 1 fully saturated rings. The molecule has 2 heterocycles. The van der Waals surface area contributed by atoms with Gasteiger partial charge < -0.3 is 0 Å². The average Bonchev–Trinajstić information content (AvgIpc) is 2.94. The molecule has 1 saturated heterocycles. The quantitative estimate of drug-likeness (QED) is 0.780. The maximum atomic E-state index is 11.6. The van der Waals surface area contributed by atoms with Crippen LogP contribution in [0, 0.1) is 0 Å². The third-order valence-electron chi connectivity index (χ3n) is 4.16. The summed E-state index contributed by atoms with van der Waals surface area (Å²) in [4.78, 5) is 20.1. The zero-order valence-corrected chi connectivity index (χ0v) is 16.1. The van der Waals surface area contributed by atoms with Crippen LogP contribution in [0.25, 0.3) is 0 Å². The number of nitrogens with zero attached hydrogens (tertiary/aromatic N) is 3. The number of nitrogens with one attached hydrogen (secondary N) is 1. The molecule has 0 aliphatic carbocycles. The third kappa shape index (κ3) is 5.51. The highest BCUT2D eigenvalue weighted by Gasteiger charge is 2.24. The summed E-state index contributed by atoms with van der Waals surface area (Å²) < 4.78 is 25.3. The summed E-state index contributed by atoms with van der Waals surface area (Å²) in [6.45, 7) is 6.13. The average molecular weight is 375 g/mol. The second-order valence-corrected chi connectivity index (χ2v) is 8.79. The molecule has 136 valence electrons. The molecule has 0 saturated carbocycles. The van der Waals surface area contributed by atoms with Crippen LogP contribution in [0.15, 0.2) is 5.38 Å². The Hall–Kier alpha value is -1.03. The summed E-state index contributed by atoms with van der Waals surface area (Å²) in [5.74, 6) is -0.00778. The Balaban J connectivity index is 2.02. The van der Waals surface area contributed by atoms with Gasteiger partial charge in [-0.1, -0.05) is 6.42 Å². The number of likely N-dealkylation sites (tertiary alicyclic amines) is 1. The topological polar surface area (TPSA) is 82.6 Å². The van der Waals surface area contributed by atoms with Crippen molar-refractivity contribution in [3.63, 3.8) is 0 Å². The van der Waals surface area contributed by atoms with E-state index < -0.39 is 10.0 Å². The second-order valence-electron chi connectivity index (χ2n) is 6.13. The summed E-state index contributed by atoms with van der Waals surface area (Å²) in [5.41, 5.74) is 0.931. The summed E-state index contributed by atoms with van der Waals surface area (Å²) in [6, 6.07) is 0.189. The lowest BCUT2D eigenvalue weighted by Gasteiger charge is -2.35. The first-order valence-electron chi connectivity index (χ1n) is 8.21. The Morgan fingerprint density at radius 1 is 1.50 bits per heavy atom. The van der Waals surface area contributed by atoms with Gasteiger partial charge in [0.05, 0.1) is 11.9 Å². The third-order valence-corrected chi connectivity index (χ3v) is 5.77. The molecular weight excluding hydrogens is 348 g/mol. The van der Waals surface area contributed by atoms with E-state index in [1.165, 1.54) is 17.6 Å². The highest BCUT2D eigenvalue weighted by molar-refractivity contribution is 7.88. The van der Waals surface area contributed by atoms with Crippen molar-refractivity contribution in [3.8, 4) is 0 Å². The lowest BCUT2D eigenvalue weighted by Crippen LogP contribution is -2.46. The van der Waals surface area contributed by atoms with Gasteiger partial charge in [0.15, 0.2) is 5.13 Å². The fraction of sp³-hybridized carbons (Fsp3) is 0.733. The number of piperidine rings is 1. The first-order chi connectivity index (χ1) is 11.3. The Bertz CT molecular complexity index is 659. The molecule has 1 amide bonds. The van der Waals surface area contributed by atoms with Gasteiger partial charge in [-0.2, -0.15) is 0 Å². The second kappa shape index (κ2) is 8.37. The number of aromatic nitrogens is 1. The molecule has 1 N–H and O–H groups in total. The van der Waals surface area contributed by atoms with Crippen LogP contribution in [0.4, 0.5) is 5.13 Å². The van der Waals surface area contributed by atoms with Gasteiger partial charge in [-0.15, -0.1) is 11.3 Å². The molecule has 7 nitrogen and oxygen atoms in total. The van der Waals surface area contributed by atoms with Crippen LogP contribution < -0.4 is 9.62 Å². The van der Waals surface area contributed by atoms with E-state index in [1.54, 1.807) is 11.8 Å². The largest absolute Gasteiger partial charge is 0.293 e. The molecule has 1 unspecified atom stereocenters. The number of amides is 1. The molecule has 0 aromatic carbocycles. The number of rotatable bonds is 7. The summed E-state index contributed by atoms with van der Waals surface area (Å²) in [6.07, 6.45) is 4.39. The van der Waals surface area contributed by atoms with Crippen molar-refractivity contribution < 1.29 is 13.2 Å². The van der Waals surface area contributed by atoms with Crippen LogP contribution in [0.5, 0.6) is 0 Å². The van der Waals surface area contributed by atoms with Crippen LogP contribution in [0.3, 0.4) is 0 Å². The van der Waals surface area contributed by atoms with Gasteiger partial charge in [-0.3, -0.25) is 14.6 Å². The maximum Gasteiger partial charge on any atom is 0.225 e. The van der Waals surface area contributed by atoms with Gasteiger partial charge in [0.25, 0.3) is 0 Å². The van der Waals surface area contributed by atoms with E-state index >= 15 is 0 Å². The zero-order valence-electron chi connectivity index (χ0n) is 14.5. The van der Waals surface area contributed by atoms with Gasteiger partial charge >= 0.3 is 0 Å². The summed E-state index contributed by atoms with van der Waals surface area (Å²) >= 11 is 1.47. The lowest BCUT2D eigenvalue weighted by atomic mass is 10.0. The number of carbonyl (C=O) groups excluding carboxylic acids is 1. The first kappa shape index (κ1) is 19.3. The smallest absolute Gasteiger partial charge is 0.225 e. The minimum atomic E-state index is -3.17. The van der Waals surface area contributed by atoms with Gasteiger partial charge in [-0.05, 0) is 26.3 Å². The Morgan fingerprint density at radius 2 is 2.25 bits per heavy atom. The van der Waals surface area contributed by atoms with Crippen molar-refractivity contribution in [3.05, 3.63) is 11.1 Å². The van der Waals surface area contributed by atoms with E-state index in [1.807, 2.05) is 12.3 Å². The minimum absolute atomic E-state index is 0.00778. The molecule has 1 aliphatic heterocycles. The fourth-order valence-corrected chi connectivity index (χ4v) is 4.36. The zero-order chi connectivity index (χ0) is 17.7. The Morgan fingerprint density at radius 3 is 2.88 bits per heavy atom. The molecular formula is C15H26N4O3S2. The fourth-order valence-electron chi connectivity index (χ4n) is 2.94. The predicted molar refractivity (Wildman–Crippen MR) is 96.7 cm³/mol. The standard InChI is InChI=1S/C15H26N4O3S2/c1-4-19(12(2)20)15-17-13(11-23-15)10-18-8-6-5-7-14(18)9-16-24(3,21)22/h11,14,16H,4-10H2,1-3H3. The number of anilines is 1. The van der Waals surface area contributed by atoms with E-state index in [9.17, 15) is 13.2 Å². The van der Waals surface area contributed by atoms with Crippen LogP contribution >= 0.6 is 11.3 Å². The van der Waals surface area contributed by atoms with Crippen LogP contribution in [0.2, 0.25) is 0 Å². The normalized spacial score (nSPS) is 19.4. The van der Waals surface area contributed by atoms with Gasteiger partial charge in [-0.25, -0.2) is 18.1 Å². The molecule has 0 bridgehead atoms. The molecule has 0 radical (unpaired) electrons. The van der Waals surface area contributed by atoms with Crippen LogP contribution in [-0.2, 0) is 21.4 Å². The number of sulfonamides is 1. The van der Waals surface area contributed by atoms with Crippen molar-refractivity contribution in [2.75, 3.05) is 30.8 Å². The molecule has 1 aliphatic rings. The summed E-state index contributed by atoms with van der Waals surface area (Å²) in [7, 11) is -3.17. The summed E-state index contributed by atoms with van der Waals surface area (Å²) in [5, 5.41) is 2.71. The molecule has 1 aromatic heterocycles. The predicted octanol–water partition coefficient (Wildman–Crippen LogP) is 1.42. The Kier molecular flexibility index (Phi) is 6.73. The molecule has 1 atom stereocenters. The molecule has 1 aromatic rings. The highest BCUT2D eigenvalue weighted by atomic mass is 32.2. The van der Waals surface area contributed by atoms with E-state index in [-0.39, 0.29) is 11.9 Å². The maximum absolute atomic E-state index is 11.6. The molecule has 9 heteroatoms. The van der Waals surface area contributed by atoms with Crippen LogP contribution in [-0.4, -0.2) is 56.1 Å².